The highest BCUT2D eigenvalue weighted by atomic mass is 35.5. The molecule has 2 aromatic heterocycles. The number of hydrogen-bond donors (Lipinski definition) is 1. The van der Waals surface area contributed by atoms with Gasteiger partial charge in [0.25, 0.3) is 0 Å². The van der Waals surface area contributed by atoms with E-state index >= 15 is 0 Å². The van der Waals surface area contributed by atoms with Crippen molar-refractivity contribution in [1.29, 1.82) is 0 Å². The van der Waals surface area contributed by atoms with Crippen molar-refractivity contribution < 1.29 is 0 Å². The minimum atomic E-state index is 0.238. The molecule has 2 heterocycles. The third-order valence-electron chi connectivity index (χ3n) is 1.66. The monoisotopic (exact) mass is 210 g/mol. The standard InChI is InChI=1S/C7H7ClN6/c1-14-2-4(12-13-14)6-5(8)7(9)11-3-10-6/h2-3H,1H3,(H2,9,10,11). The molecule has 2 rings (SSSR count). The SMILES string of the molecule is Cn1cc(-c2ncnc(N)c2Cl)nn1. The van der Waals surface area contributed by atoms with Crippen LogP contribution in [0.25, 0.3) is 11.4 Å². The van der Waals surface area contributed by atoms with Gasteiger partial charge in [-0.05, 0) is 0 Å². The van der Waals surface area contributed by atoms with E-state index in [1.54, 1.807) is 17.9 Å². The average molecular weight is 211 g/mol. The number of aryl methyl sites for hydroxylation is 1. The second-order valence-electron chi connectivity index (χ2n) is 2.70. The van der Waals surface area contributed by atoms with E-state index in [1.807, 2.05) is 0 Å². The van der Waals surface area contributed by atoms with Crippen LogP contribution in [0.2, 0.25) is 5.02 Å². The van der Waals surface area contributed by atoms with Gasteiger partial charge in [-0.3, -0.25) is 4.68 Å². The number of nitrogens with two attached hydrogens (primary N) is 1. The minimum absolute atomic E-state index is 0.238. The van der Waals surface area contributed by atoms with Crippen LogP contribution in [0.15, 0.2) is 12.5 Å². The van der Waals surface area contributed by atoms with Gasteiger partial charge in [0.2, 0.25) is 0 Å². The molecule has 0 fully saturated rings. The van der Waals surface area contributed by atoms with Crippen LogP contribution in [0, 0.1) is 0 Å². The van der Waals surface area contributed by atoms with E-state index in [0.717, 1.165) is 0 Å². The predicted molar refractivity (Wildman–Crippen MR) is 51.5 cm³/mol. The molecular formula is C7H7ClN6. The van der Waals surface area contributed by atoms with Crippen LogP contribution in [0.5, 0.6) is 0 Å². The van der Waals surface area contributed by atoms with Gasteiger partial charge >= 0.3 is 0 Å². The summed E-state index contributed by atoms with van der Waals surface area (Å²) in [5.74, 6) is 0.238. The first kappa shape index (κ1) is 8.89. The van der Waals surface area contributed by atoms with Gasteiger partial charge in [0.05, 0.1) is 6.20 Å². The zero-order chi connectivity index (χ0) is 10.1. The fraction of sp³-hybridized carbons (Fsp3) is 0.143. The molecule has 0 atom stereocenters. The Hall–Kier alpha value is -1.69. The van der Waals surface area contributed by atoms with Gasteiger partial charge < -0.3 is 5.73 Å². The summed E-state index contributed by atoms with van der Waals surface area (Å²) < 4.78 is 1.56. The van der Waals surface area contributed by atoms with Crippen LogP contribution in [-0.4, -0.2) is 25.0 Å². The smallest absolute Gasteiger partial charge is 0.146 e. The van der Waals surface area contributed by atoms with Crippen molar-refractivity contribution in [1.82, 2.24) is 25.0 Å². The maximum absolute atomic E-state index is 5.91. The topological polar surface area (TPSA) is 82.5 Å². The molecule has 0 spiro atoms. The first-order valence-electron chi connectivity index (χ1n) is 3.81. The molecule has 0 aliphatic rings. The normalized spacial score (nSPS) is 10.4. The molecule has 0 bridgehead atoms. The van der Waals surface area contributed by atoms with Crippen molar-refractivity contribution >= 4 is 17.4 Å². The lowest BCUT2D eigenvalue weighted by molar-refractivity contribution is 0.715. The molecular weight excluding hydrogens is 204 g/mol. The lowest BCUT2D eigenvalue weighted by atomic mass is 10.3. The summed E-state index contributed by atoms with van der Waals surface area (Å²) in [5.41, 5.74) is 6.60. The Labute approximate surface area is 84.7 Å². The molecule has 0 radical (unpaired) electrons. The van der Waals surface area contributed by atoms with Crippen LogP contribution < -0.4 is 5.73 Å². The summed E-state index contributed by atoms with van der Waals surface area (Å²) in [6.07, 6.45) is 3.04. The molecule has 0 amide bonds. The van der Waals surface area contributed by atoms with Crippen LogP contribution >= 0.6 is 11.6 Å². The maximum Gasteiger partial charge on any atom is 0.146 e. The van der Waals surface area contributed by atoms with E-state index in [4.69, 9.17) is 17.3 Å². The first-order chi connectivity index (χ1) is 6.68. The molecule has 0 aromatic carbocycles. The largest absolute Gasteiger partial charge is 0.382 e. The fourth-order valence-electron chi connectivity index (χ4n) is 1.02. The van der Waals surface area contributed by atoms with Crippen molar-refractivity contribution in [3.8, 4) is 11.4 Å². The number of anilines is 1. The highest BCUT2D eigenvalue weighted by molar-refractivity contribution is 6.35. The van der Waals surface area contributed by atoms with E-state index in [9.17, 15) is 0 Å². The first-order valence-corrected chi connectivity index (χ1v) is 4.19. The van der Waals surface area contributed by atoms with Gasteiger partial charge in [-0.1, -0.05) is 16.8 Å². The van der Waals surface area contributed by atoms with Crippen LogP contribution in [0.3, 0.4) is 0 Å². The number of hydrogen-bond acceptors (Lipinski definition) is 5. The minimum Gasteiger partial charge on any atom is -0.382 e. The number of halogens is 1. The third kappa shape index (κ3) is 1.39. The molecule has 14 heavy (non-hydrogen) atoms. The second kappa shape index (κ2) is 3.22. The van der Waals surface area contributed by atoms with Gasteiger partial charge in [0.1, 0.15) is 28.6 Å². The van der Waals surface area contributed by atoms with Crippen molar-refractivity contribution in [2.45, 2.75) is 0 Å². The summed E-state index contributed by atoms with van der Waals surface area (Å²) in [6.45, 7) is 0. The van der Waals surface area contributed by atoms with Gasteiger partial charge in [-0.25, -0.2) is 9.97 Å². The summed E-state index contributed by atoms with van der Waals surface area (Å²) in [4.78, 5) is 7.74. The number of nitrogens with zero attached hydrogens (tertiary/aromatic N) is 5. The fourth-order valence-corrected chi connectivity index (χ4v) is 1.21. The Balaban J connectivity index is 2.57. The van der Waals surface area contributed by atoms with Crippen molar-refractivity contribution in [2.75, 3.05) is 5.73 Å². The average Bonchev–Trinajstić information content (AvgIpc) is 2.57. The molecule has 2 aromatic rings. The predicted octanol–water partition coefficient (Wildman–Crippen LogP) is 0.508. The zero-order valence-corrected chi connectivity index (χ0v) is 8.10. The van der Waals surface area contributed by atoms with Crippen molar-refractivity contribution in [3.05, 3.63) is 17.5 Å². The Morgan fingerprint density at radius 1 is 1.43 bits per heavy atom. The molecule has 0 saturated heterocycles. The molecule has 0 unspecified atom stereocenters. The molecule has 72 valence electrons. The molecule has 0 aliphatic heterocycles. The maximum atomic E-state index is 5.91. The van der Waals surface area contributed by atoms with E-state index in [-0.39, 0.29) is 5.82 Å². The quantitative estimate of drug-likeness (QED) is 0.742. The van der Waals surface area contributed by atoms with Crippen LogP contribution in [0.1, 0.15) is 0 Å². The Kier molecular flexibility index (Phi) is 2.05. The summed E-state index contributed by atoms with van der Waals surface area (Å²) in [6, 6.07) is 0. The summed E-state index contributed by atoms with van der Waals surface area (Å²) in [5, 5.41) is 7.94. The molecule has 7 heteroatoms. The third-order valence-corrected chi connectivity index (χ3v) is 2.03. The Morgan fingerprint density at radius 2 is 2.21 bits per heavy atom. The lowest BCUT2D eigenvalue weighted by Gasteiger charge is -1.99. The second-order valence-corrected chi connectivity index (χ2v) is 3.08. The van der Waals surface area contributed by atoms with E-state index in [2.05, 4.69) is 20.3 Å². The van der Waals surface area contributed by atoms with Gasteiger partial charge in [0, 0.05) is 7.05 Å². The van der Waals surface area contributed by atoms with Gasteiger partial charge in [-0.15, -0.1) is 5.10 Å². The lowest BCUT2D eigenvalue weighted by Crippen LogP contribution is -1.95. The van der Waals surface area contributed by atoms with E-state index in [1.165, 1.54) is 6.33 Å². The molecule has 0 saturated carbocycles. The van der Waals surface area contributed by atoms with Crippen molar-refractivity contribution in [2.24, 2.45) is 7.05 Å². The summed E-state index contributed by atoms with van der Waals surface area (Å²) >= 11 is 5.91. The highest BCUT2D eigenvalue weighted by Crippen LogP contribution is 2.26. The number of rotatable bonds is 1. The Morgan fingerprint density at radius 3 is 2.86 bits per heavy atom. The molecule has 2 N–H and O–H groups in total. The summed E-state index contributed by atoms with van der Waals surface area (Å²) in [7, 11) is 1.76. The van der Waals surface area contributed by atoms with Gasteiger partial charge in [0.15, 0.2) is 0 Å². The number of nitrogen functional groups attached to an aromatic ring is 1. The van der Waals surface area contributed by atoms with Crippen molar-refractivity contribution in [3.63, 3.8) is 0 Å². The highest BCUT2D eigenvalue weighted by Gasteiger charge is 2.11. The Bertz CT molecular complexity index is 465. The molecule has 6 nitrogen and oxygen atoms in total. The molecule has 0 aliphatic carbocycles. The van der Waals surface area contributed by atoms with E-state index in [0.29, 0.717) is 16.4 Å². The van der Waals surface area contributed by atoms with Gasteiger partial charge in [-0.2, -0.15) is 0 Å². The zero-order valence-electron chi connectivity index (χ0n) is 7.35. The van der Waals surface area contributed by atoms with Crippen LogP contribution in [0.4, 0.5) is 5.82 Å². The van der Waals surface area contributed by atoms with Crippen LogP contribution in [-0.2, 0) is 7.05 Å². The van der Waals surface area contributed by atoms with E-state index < -0.39 is 0 Å². The number of aromatic nitrogens is 5.